The summed E-state index contributed by atoms with van der Waals surface area (Å²) in [5.74, 6) is 1.98. The van der Waals surface area contributed by atoms with Crippen molar-refractivity contribution in [3.8, 4) is 0 Å². The number of hydrogen-bond donors (Lipinski definition) is 1. The van der Waals surface area contributed by atoms with E-state index in [9.17, 15) is 4.79 Å². The molecule has 0 saturated heterocycles. The molecule has 2 heterocycles. The SMILES string of the molecule is C[N+]1=C(NC(=O)C2=NN(c3ccc(Cl)cc3Cl)C(c3ccc(Cl)cc3)C2)C2CCCC2C1.[I-]. The summed E-state index contributed by atoms with van der Waals surface area (Å²) < 4.78 is 2.19. The topological polar surface area (TPSA) is 47.7 Å². The maximum absolute atomic E-state index is 13.3. The van der Waals surface area contributed by atoms with E-state index in [0.717, 1.165) is 24.4 Å². The number of hydrogen-bond acceptors (Lipinski definition) is 3. The van der Waals surface area contributed by atoms with Gasteiger partial charge in [0.25, 0.3) is 5.84 Å². The Morgan fingerprint density at radius 2 is 1.82 bits per heavy atom. The Kier molecular flexibility index (Phi) is 7.58. The van der Waals surface area contributed by atoms with Crippen molar-refractivity contribution in [2.45, 2.75) is 31.7 Å². The molecule has 5 nitrogen and oxygen atoms in total. The Labute approximate surface area is 225 Å². The third-order valence-electron chi connectivity index (χ3n) is 6.76. The van der Waals surface area contributed by atoms with E-state index in [1.54, 1.807) is 12.1 Å². The van der Waals surface area contributed by atoms with Crippen molar-refractivity contribution in [3.05, 3.63) is 63.1 Å². The van der Waals surface area contributed by atoms with Gasteiger partial charge in [0.2, 0.25) is 0 Å². The summed E-state index contributed by atoms with van der Waals surface area (Å²) in [5, 5.41) is 11.4. The summed E-state index contributed by atoms with van der Waals surface area (Å²) in [7, 11) is 2.06. The molecule has 1 aliphatic carbocycles. The summed E-state index contributed by atoms with van der Waals surface area (Å²) in [4.78, 5) is 13.3. The standard InChI is InChI=1S/C24H23Cl3N4O.HI/c1-30-13-15-3-2-4-18(15)23(30)28-24(32)20-12-22(14-5-7-16(25)8-6-14)31(29-20)21-10-9-17(26)11-19(21)27;/h5-11,15,18,22H,2-4,12-13H2,1H3;1H. The van der Waals surface area contributed by atoms with Gasteiger partial charge in [-0.05, 0) is 48.7 Å². The monoisotopic (exact) mass is 616 g/mol. The van der Waals surface area contributed by atoms with Crippen molar-refractivity contribution in [3.63, 3.8) is 0 Å². The van der Waals surface area contributed by atoms with E-state index >= 15 is 0 Å². The Morgan fingerprint density at radius 1 is 1.09 bits per heavy atom. The van der Waals surface area contributed by atoms with Gasteiger partial charge in [-0.25, -0.2) is 10.1 Å². The first-order chi connectivity index (χ1) is 15.4. The second kappa shape index (κ2) is 10.1. The molecule has 0 aromatic heterocycles. The van der Waals surface area contributed by atoms with E-state index in [1.165, 1.54) is 12.8 Å². The molecular formula is C24H24Cl3IN4O. The molecule has 2 aliphatic heterocycles. The highest BCUT2D eigenvalue weighted by molar-refractivity contribution is 6.42. The van der Waals surface area contributed by atoms with Crippen molar-refractivity contribution in [1.82, 2.24) is 5.32 Å². The number of benzene rings is 2. The molecule has 2 aromatic carbocycles. The van der Waals surface area contributed by atoms with Gasteiger partial charge in [-0.1, -0.05) is 53.4 Å². The van der Waals surface area contributed by atoms with Crippen molar-refractivity contribution in [1.29, 1.82) is 0 Å². The lowest BCUT2D eigenvalue weighted by Crippen LogP contribution is -3.00. The van der Waals surface area contributed by atoms with Crippen LogP contribution in [0.2, 0.25) is 15.1 Å². The second-order valence-electron chi connectivity index (χ2n) is 8.78. The fourth-order valence-corrected chi connectivity index (χ4v) is 5.83. The lowest BCUT2D eigenvalue weighted by Gasteiger charge is -2.25. The number of amides is 1. The van der Waals surface area contributed by atoms with Gasteiger partial charge in [0.05, 0.1) is 36.3 Å². The number of carbonyl (C=O) groups excluding carboxylic acids is 1. The van der Waals surface area contributed by atoms with Crippen LogP contribution < -0.4 is 34.3 Å². The third-order valence-corrected chi connectivity index (χ3v) is 7.55. The van der Waals surface area contributed by atoms with Gasteiger partial charge in [0.15, 0.2) is 5.71 Å². The molecule has 3 atom stereocenters. The van der Waals surface area contributed by atoms with Gasteiger partial charge >= 0.3 is 5.91 Å². The summed E-state index contributed by atoms with van der Waals surface area (Å²) >= 11 is 18.7. The van der Waals surface area contributed by atoms with Crippen LogP contribution in [-0.2, 0) is 4.79 Å². The van der Waals surface area contributed by atoms with Gasteiger partial charge in [-0.2, -0.15) is 5.10 Å². The number of nitrogens with zero attached hydrogens (tertiary/aromatic N) is 3. The van der Waals surface area contributed by atoms with Crippen LogP contribution in [-0.4, -0.2) is 35.6 Å². The van der Waals surface area contributed by atoms with Crippen molar-refractivity contribution in [2.24, 2.45) is 16.9 Å². The fraction of sp³-hybridized carbons (Fsp3) is 0.375. The zero-order chi connectivity index (χ0) is 22.4. The van der Waals surface area contributed by atoms with Crippen LogP contribution in [0.25, 0.3) is 0 Å². The molecule has 33 heavy (non-hydrogen) atoms. The molecule has 9 heteroatoms. The van der Waals surface area contributed by atoms with Gasteiger partial charge in [0.1, 0.15) is 0 Å². The molecule has 0 spiro atoms. The van der Waals surface area contributed by atoms with Crippen LogP contribution in [0.3, 0.4) is 0 Å². The van der Waals surface area contributed by atoms with Gasteiger partial charge in [0, 0.05) is 22.4 Å². The molecule has 0 bridgehead atoms. The average molecular weight is 618 g/mol. The minimum Gasteiger partial charge on any atom is -1.00 e. The summed E-state index contributed by atoms with van der Waals surface area (Å²) in [6.45, 7) is 1.01. The molecule has 0 radical (unpaired) electrons. The first-order valence-electron chi connectivity index (χ1n) is 10.9. The second-order valence-corrected chi connectivity index (χ2v) is 10.1. The Bertz CT molecular complexity index is 1140. The van der Waals surface area contributed by atoms with E-state index in [4.69, 9.17) is 39.9 Å². The number of halogens is 4. The maximum atomic E-state index is 13.3. The molecule has 3 unspecified atom stereocenters. The number of carbonyl (C=O) groups is 1. The van der Waals surface area contributed by atoms with E-state index in [-0.39, 0.29) is 35.9 Å². The fourth-order valence-electron chi connectivity index (χ4n) is 5.21. The molecule has 174 valence electrons. The van der Waals surface area contributed by atoms with Gasteiger partial charge in [-0.15, -0.1) is 0 Å². The van der Waals surface area contributed by atoms with Gasteiger partial charge < -0.3 is 24.0 Å². The molecule has 1 amide bonds. The predicted molar refractivity (Wildman–Crippen MR) is 130 cm³/mol. The van der Waals surface area contributed by atoms with Gasteiger partial charge in [-0.3, -0.25) is 9.58 Å². The smallest absolute Gasteiger partial charge is 0.354 e. The number of amidine groups is 1. The zero-order valence-corrected chi connectivity index (χ0v) is 22.5. The first kappa shape index (κ1) is 24.8. The first-order valence-corrected chi connectivity index (χ1v) is 12.0. The van der Waals surface area contributed by atoms with E-state index < -0.39 is 0 Å². The number of hydrazone groups is 1. The van der Waals surface area contributed by atoms with Crippen LogP contribution in [0, 0.1) is 11.8 Å². The Balaban J connectivity index is 0.00000259. The highest BCUT2D eigenvalue weighted by atomic mass is 127. The third kappa shape index (κ3) is 4.90. The largest absolute Gasteiger partial charge is 1.00 e. The Morgan fingerprint density at radius 3 is 2.55 bits per heavy atom. The van der Waals surface area contributed by atoms with Crippen molar-refractivity contribution in [2.75, 3.05) is 18.6 Å². The summed E-state index contributed by atoms with van der Waals surface area (Å²) in [6.07, 6.45) is 4.07. The van der Waals surface area contributed by atoms with Crippen LogP contribution in [0.4, 0.5) is 5.69 Å². The Hall–Kier alpha value is -1.35. The highest BCUT2D eigenvalue weighted by Gasteiger charge is 2.44. The lowest BCUT2D eigenvalue weighted by molar-refractivity contribution is -0.495. The minimum atomic E-state index is -0.169. The molecule has 2 aromatic rings. The summed E-state index contributed by atoms with van der Waals surface area (Å²) in [5.41, 5.74) is 2.20. The zero-order valence-electron chi connectivity index (χ0n) is 18.1. The number of rotatable bonds is 3. The quantitative estimate of drug-likeness (QED) is 0.426. The maximum Gasteiger partial charge on any atom is 0.354 e. The van der Waals surface area contributed by atoms with Crippen LogP contribution >= 0.6 is 34.8 Å². The van der Waals surface area contributed by atoms with Crippen molar-refractivity contribution < 1.29 is 33.3 Å². The van der Waals surface area contributed by atoms with E-state index in [0.29, 0.717) is 44.7 Å². The van der Waals surface area contributed by atoms with Crippen LogP contribution in [0.1, 0.15) is 37.3 Å². The molecule has 1 fully saturated rings. The van der Waals surface area contributed by atoms with E-state index in [2.05, 4.69) is 16.9 Å². The average Bonchev–Trinajstić information content (AvgIpc) is 3.45. The normalized spacial score (nSPS) is 23.9. The molecule has 1 saturated carbocycles. The highest BCUT2D eigenvalue weighted by Crippen LogP contribution is 2.40. The predicted octanol–water partition coefficient (Wildman–Crippen LogP) is 2.55. The lowest BCUT2D eigenvalue weighted by atomic mass is 9.98. The summed E-state index contributed by atoms with van der Waals surface area (Å²) in [6, 6.07) is 12.7. The molecule has 5 rings (SSSR count). The number of anilines is 1. The molecular weight excluding hydrogens is 594 g/mol. The molecule has 1 N–H and O–H groups in total. The van der Waals surface area contributed by atoms with Crippen molar-refractivity contribution >= 4 is 57.9 Å². The van der Waals surface area contributed by atoms with Crippen LogP contribution in [0.15, 0.2) is 47.6 Å². The van der Waals surface area contributed by atoms with E-state index in [1.807, 2.05) is 35.3 Å². The molecule has 3 aliphatic rings. The minimum absolute atomic E-state index is 0. The number of fused-ring (bicyclic) bond motifs is 1. The number of nitrogens with one attached hydrogen (secondary N) is 1. The van der Waals surface area contributed by atoms with Crippen LogP contribution in [0.5, 0.6) is 0 Å².